The van der Waals surface area contributed by atoms with E-state index >= 15 is 0 Å². The Balaban J connectivity index is 2.72. The Labute approximate surface area is 107 Å². The van der Waals surface area contributed by atoms with Crippen LogP contribution in [0.4, 0.5) is 0 Å². The molecule has 1 aromatic heterocycles. The van der Waals surface area contributed by atoms with E-state index in [1.165, 1.54) is 0 Å². The van der Waals surface area contributed by atoms with E-state index in [2.05, 4.69) is 5.32 Å². The van der Waals surface area contributed by atoms with Crippen LogP contribution in [0.2, 0.25) is 0 Å². The Kier molecular flexibility index (Phi) is 4.53. The summed E-state index contributed by atoms with van der Waals surface area (Å²) < 4.78 is 1.70. The quantitative estimate of drug-likeness (QED) is 0.808. The summed E-state index contributed by atoms with van der Waals surface area (Å²) in [6.45, 7) is 3.80. The van der Waals surface area contributed by atoms with Gasteiger partial charge in [-0.2, -0.15) is 0 Å². The van der Waals surface area contributed by atoms with Gasteiger partial charge in [-0.25, -0.2) is 0 Å². The molecule has 0 radical (unpaired) electrons. The highest BCUT2D eigenvalue weighted by Gasteiger charge is 2.35. The minimum Gasteiger partial charge on any atom is -0.481 e. The van der Waals surface area contributed by atoms with E-state index in [-0.39, 0.29) is 12.5 Å². The van der Waals surface area contributed by atoms with Gasteiger partial charge in [0.25, 0.3) is 5.91 Å². The number of aliphatic carboxylic acids is 1. The van der Waals surface area contributed by atoms with Gasteiger partial charge in [0, 0.05) is 19.8 Å². The van der Waals surface area contributed by atoms with Gasteiger partial charge in [0.15, 0.2) is 0 Å². The van der Waals surface area contributed by atoms with Crippen molar-refractivity contribution in [1.29, 1.82) is 0 Å². The Morgan fingerprint density at radius 3 is 2.39 bits per heavy atom. The van der Waals surface area contributed by atoms with E-state index in [1.807, 2.05) is 13.8 Å². The summed E-state index contributed by atoms with van der Waals surface area (Å²) in [5.41, 5.74) is -0.345. The minimum absolute atomic E-state index is 0.152. The SMILES string of the molecule is CCC(CC)(CNC(=O)c1cccn1C)C(=O)O. The van der Waals surface area contributed by atoms with Gasteiger partial charge in [0.05, 0.1) is 5.41 Å². The normalized spacial score (nSPS) is 11.3. The maximum absolute atomic E-state index is 11.9. The number of rotatable bonds is 6. The van der Waals surface area contributed by atoms with Crippen LogP contribution in [0.5, 0.6) is 0 Å². The molecule has 1 rings (SSSR count). The number of aryl methyl sites for hydroxylation is 1. The number of carbonyl (C=O) groups excluding carboxylic acids is 1. The van der Waals surface area contributed by atoms with Crippen molar-refractivity contribution >= 4 is 11.9 Å². The fourth-order valence-electron chi connectivity index (χ4n) is 1.92. The van der Waals surface area contributed by atoms with E-state index in [9.17, 15) is 14.7 Å². The van der Waals surface area contributed by atoms with Gasteiger partial charge < -0.3 is 15.0 Å². The van der Waals surface area contributed by atoms with Crippen LogP contribution in [0.25, 0.3) is 0 Å². The van der Waals surface area contributed by atoms with E-state index in [0.29, 0.717) is 18.5 Å². The van der Waals surface area contributed by atoms with Crippen LogP contribution >= 0.6 is 0 Å². The molecule has 5 nitrogen and oxygen atoms in total. The highest BCUT2D eigenvalue weighted by molar-refractivity contribution is 5.93. The lowest BCUT2D eigenvalue weighted by Crippen LogP contribution is -2.42. The molecule has 100 valence electrons. The van der Waals surface area contributed by atoms with Gasteiger partial charge in [0.1, 0.15) is 5.69 Å². The highest BCUT2D eigenvalue weighted by Crippen LogP contribution is 2.25. The molecule has 0 aromatic carbocycles. The Hall–Kier alpha value is -1.78. The molecular weight excluding hydrogens is 232 g/mol. The standard InChI is InChI=1S/C13H20N2O3/c1-4-13(5-2,12(17)18)9-14-11(16)10-7-6-8-15(10)3/h6-8H,4-5,9H2,1-3H3,(H,14,16)(H,17,18). The molecular formula is C13H20N2O3. The van der Waals surface area contributed by atoms with Crippen LogP contribution in [0.3, 0.4) is 0 Å². The first-order chi connectivity index (χ1) is 8.46. The Morgan fingerprint density at radius 1 is 1.39 bits per heavy atom. The zero-order valence-electron chi connectivity index (χ0n) is 11.1. The first-order valence-corrected chi connectivity index (χ1v) is 6.09. The number of carboxylic acids is 1. The third-order valence-electron chi connectivity index (χ3n) is 3.57. The number of aromatic nitrogens is 1. The molecule has 0 aliphatic carbocycles. The average Bonchev–Trinajstić information content (AvgIpc) is 2.77. The second-order valence-corrected chi connectivity index (χ2v) is 4.48. The lowest BCUT2D eigenvalue weighted by atomic mass is 9.82. The molecule has 1 aromatic rings. The van der Waals surface area contributed by atoms with Crippen molar-refractivity contribution in [3.63, 3.8) is 0 Å². The monoisotopic (exact) mass is 252 g/mol. The highest BCUT2D eigenvalue weighted by atomic mass is 16.4. The first kappa shape index (κ1) is 14.3. The molecule has 1 amide bonds. The van der Waals surface area contributed by atoms with E-state index in [0.717, 1.165) is 0 Å². The van der Waals surface area contributed by atoms with Gasteiger partial charge in [-0.1, -0.05) is 13.8 Å². The zero-order valence-corrected chi connectivity index (χ0v) is 11.1. The molecule has 5 heteroatoms. The topological polar surface area (TPSA) is 71.3 Å². The number of carboxylic acid groups (broad SMARTS) is 1. The molecule has 1 heterocycles. The third kappa shape index (κ3) is 2.72. The fourth-order valence-corrected chi connectivity index (χ4v) is 1.92. The summed E-state index contributed by atoms with van der Waals surface area (Å²) in [5.74, 6) is -1.10. The van der Waals surface area contributed by atoms with Crippen molar-refractivity contribution in [2.45, 2.75) is 26.7 Å². The van der Waals surface area contributed by atoms with Gasteiger partial charge in [-0.3, -0.25) is 9.59 Å². The van der Waals surface area contributed by atoms with Gasteiger partial charge in [-0.15, -0.1) is 0 Å². The van der Waals surface area contributed by atoms with Crippen molar-refractivity contribution in [3.8, 4) is 0 Å². The summed E-state index contributed by atoms with van der Waals surface area (Å²) >= 11 is 0. The first-order valence-electron chi connectivity index (χ1n) is 6.09. The van der Waals surface area contributed by atoms with Crippen LogP contribution in [-0.4, -0.2) is 28.1 Å². The number of hydrogen-bond acceptors (Lipinski definition) is 2. The summed E-state index contributed by atoms with van der Waals surface area (Å²) in [6, 6.07) is 3.48. The second-order valence-electron chi connectivity index (χ2n) is 4.48. The zero-order chi connectivity index (χ0) is 13.8. The smallest absolute Gasteiger partial charge is 0.311 e. The van der Waals surface area contributed by atoms with Crippen LogP contribution in [-0.2, 0) is 11.8 Å². The number of carbonyl (C=O) groups is 2. The Bertz CT molecular complexity index is 433. The molecule has 0 aliphatic rings. The largest absolute Gasteiger partial charge is 0.481 e. The van der Waals surface area contributed by atoms with Crippen LogP contribution in [0, 0.1) is 5.41 Å². The van der Waals surface area contributed by atoms with Crippen LogP contribution in [0.15, 0.2) is 18.3 Å². The number of nitrogens with zero attached hydrogens (tertiary/aromatic N) is 1. The van der Waals surface area contributed by atoms with Crippen molar-refractivity contribution in [2.75, 3.05) is 6.54 Å². The van der Waals surface area contributed by atoms with Crippen molar-refractivity contribution in [1.82, 2.24) is 9.88 Å². The molecule has 2 N–H and O–H groups in total. The van der Waals surface area contributed by atoms with Crippen molar-refractivity contribution < 1.29 is 14.7 Å². The number of nitrogens with one attached hydrogen (secondary N) is 1. The number of hydrogen-bond donors (Lipinski definition) is 2. The molecule has 0 saturated heterocycles. The van der Waals surface area contributed by atoms with Gasteiger partial charge in [-0.05, 0) is 25.0 Å². The second kappa shape index (κ2) is 5.71. The summed E-state index contributed by atoms with van der Waals surface area (Å²) in [4.78, 5) is 23.2. The van der Waals surface area contributed by atoms with Gasteiger partial charge in [0.2, 0.25) is 0 Å². The molecule has 0 aliphatic heterocycles. The van der Waals surface area contributed by atoms with Crippen LogP contribution in [0.1, 0.15) is 37.2 Å². The number of amides is 1. The summed E-state index contributed by atoms with van der Waals surface area (Å²) in [6.07, 6.45) is 2.76. The lowest BCUT2D eigenvalue weighted by Gasteiger charge is -2.26. The van der Waals surface area contributed by atoms with E-state index < -0.39 is 11.4 Å². The predicted octanol–water partition coefficient (Wildman–Crippen LogP) is 1.65. The maximum atomic E-state index is 11.9. The van der Waals surface area contributed by atoms with E-state index in [4.69, 9.17) is 0 Å². The molecule has 0 fully saturated rings. The molecule has 0 unspecified atom stereocenters. The molecule has 0 spiro atoms. The van der Waals surface area contributed by atoms with Gasteiger partial charge >= 0.3 is 5.97 Å². The molecule has 18 heavy (non-hydrogen) atoms. The molecule has 0 atom stereocenters. The molecule has 0 saturated carbocycles. The summed E-state index contributed by atoms with van der Waals surface area (Å²) in [7, 11) is 1.78. The van der Waals surface area contributed by atoms with Crippen molar-refractivity contribution in [3.05, 3.63) is 24.0 Å². The predicted molar refractivity (Wildman–Crippen MR) is 68.4 cm³/mol. The van der Waals surface area contributed by atoms with Crippen molar-refractivity contribution in [2.24, 2.45) is 12.5 Å². The minimum atomic E-state index is -0.874. The lowest BCUT2D eigenvalue weighted by molar-refractivity contribution is -0.149. The maximum Gasteiger partial charge on any atom is 0.311 e. The molecule has 0 bridgehead atoms. The van der Waals surface area contributed by atoms with E-state index in [1.54, 1.807) is 29.9 Å². The fraction of sp³-hybridized carbons (Fsp3) is 0.538. The van der Waals surface area contributed by atoms with Crippen LogP contribution < -0.4 is 5.32 Å². The average molecular weight is 252 g/mol. The Morgan fingerprint density at radius 2 is 2.00 bits per heavy atom. The third-order valence-corrected chi connectivity index (χ3v) is 3.57. The summed E-state index contributed by atoms with van der Waals surface area (Å²) in [5, 5.41) is 12.0.